The maximum Gasteiger partial charge on any atom is 0.0192 e. The van der Waals surface area contributed by atoms with Crippen molar-refractivity contribution in [2.75, 3.05) is 20.1 Å². The summed E-state index contributed by atoms with van der Waals surface area (Å²) < 4.78 is 0. The minimum atomic E-state index is 0. The molecular weight excluding hydrogens is 171 g/mol. The maximum atomic E-state index is 3.40. The van der Waals surface area contributed by atoms with Crippen LogP contribution in [0.5, 0.6) is 0 Å². The highest BCUT2D eigenvalue weighted by atomic mass is 35.5. The van der Waals surface area contributed by atoms with Crippen molar-refractivity contribution in [3.63, 3.8) is 0 Å². The molecule has 0 aromatic carbocycles. The first-order chi connectivity index (χ1) is 3.93. The summed E-state index contributed by atoms with van der Waals surface area (Å²) in [4.78, 5) is 0. The monoisotopic (exact) mass is 186 g/mol. The van der Waals surface area contributed by atoms with Crippen LogP contribution in [0, 0.1) is 0 Å². The second-order valence-electron chi connectivity index (χ2n) is 2.35. The van der Waals surface area contributed by atoms with E-state index in [1.165, 1.54) is 19.4 Å². The molecule has 0 unspecified atom stereocenters. The summed E-state index contributed by atoms with van der Waals surface area (Å²) in [5.74, 6) is 0. The molecule has 64 valence electrons. The van der Waals surface area contributed by atoms with Crippen LogP contribution in [0.15, 0.2) is 0 Å². The Hall–Kier alpha value is 0.500. The fourth-order valence-electron chi connectivity index (χ4n) is 1.18. The fourth-order valence-corrected chi connectivity index (χ4v) is 1.18. The van der Waals surface area contributed by atoms with Crippen LogP contribution in [0.1, 0.15) is 12.8 Å². The van der Waals surface area contributed by atoms with E-state index < -0.39 is 0 Å². The zero-order chi connectivity index (χ0) is 5.82. The summed E-state index contributed by atoms with van der Waals surface area (Å²) in [6, 6.07) is 0.750. The van der Waals surface area contributed by atoms with Crippen molar-refractivity contribution in [3.8, 4) is 0 Å². The number of rotatable bonds is 2. The van der Waals surface area contributed by atoms with Gasteiger partial charge in [-0.15, -0.1) is 24.8 Å². The van der Waals surface area contributed by atoms with Crippen molar-refractivity contribution < 1.29 is 0 Å². The first-order valence-electron chi connectivity index (χ1n) is 3.31. The zero-order valence-corrected chi connectivity index (χ0v) is 7.86. The second kappa shape index (κ2) is 7.61. The lowest BCUT2D eigenvalue weighted by atomic mass is 10.2. The molecule has 1 fully saturated rings. The molecule has 1 heterocycles. The van der Waals surface area contributed by atoms with Gasteiger partial charge in [0.25, 0.3) is 0 Å². The third kappa shape index (κ3) is 4.34. The number of nitrogens with one attached hydrogen (secondary N) is 2. The number of halogens is 2. The Balaban J connectivity index is 0. The Bertz CT molecular complexity index is 64.8. The molecule has 1 rings (SSSR count). The molecule has 1 atom stereocenters. The van der Waals surface area contributed by atoms with E-state index in [9.17, 15) is 0 Å². The summed E-state index contributed by atoms with van der Waals surface area (Å²) >= 11 is 0. The van der Waals surface area contributed by atoms with E-state index >= 15 is 0 Å². The molecule has 2 N–H and O–H groups in total. The van der Waals surface area contributed by atoms with Gasteiger partial charge >= 0.3 is 0 Å². The SMILES string of the molecule is CNC[C@@H]1CCCN1.Cl.Cl. The second-order valence-corrected chi connectivity index (χ2v) is 2.35. The van der Waals surface area contributed by atoms with Crippen LogP contribution < -0.4 is 10.6 Å². The molecule has 0 radical (unpaired) electrons. The van der Waals surface area contributed by atoms with Crippen LogP contribution in [-0.4, -0.2) is 26.2 Å². The number of hydrogen-bond acceptors (Lipinski definition) is 2. The smallest absolute Gasteiger partial charge is 0.0192 e. The molecule has 4 heteroatoms. The van der Waals surface area contributed by atoms with E-state index in [0.717, 1.165) is 12.6 Å². The van der Waals surface area contributed by atoms with Crippen LogP contribution in [-0.2, 0) is 0 Å². The molecule has 1 aliphatic heterocycles. The minimum absolute atomic E-state index is 0. The largest absolute Gasteiger partial charge is 0.318 e. The van der Waals surface area contributed by atoms with Gasteiger partial charge in [0, 0.05) is 12.6 Å². The van der Waals surface area contributed by atoms with Crippen molar-refractivity contribution in [1.29, 1.82) is 0 Å². The van der Waals surface area contributed by atoms with Crippen LogP contribution in [0.25, 0.3) is 0 Å². The minimum Gasteiger partial charge on any atom is -0.318 e. The van der Waals surface area contributed by atoms with Gasteiger partial charge in [0.1, 0.15) is 0 Å². The predicted molar refractivity (Wildman–Crippen MR) is 49.4 cm³/mol. The summed E-state index contributed by atoms with van der Waals surface area (Å²) in [5.41, 5.74) is 0. The van der Waals surface area contributed by atoms with E-state index in [1.54, 1.807) is 0 Å². The van der Waals surface area contributed by atoms with Gasteiger partial charge < -0.3 is 10.6 Å². The van der Waals surface area contributed by atoms with Crippen molar-refractivity contribution in [2.45, 2.75) is 18.9 Å². The predicted octanol–water partition coefficient (Wildman–Crippen LogP) is 0.801. The van der Waals surface area contributed by atoms with Crippen molar-refractivity contribution >= 4 is 24.8 Å². The van der Waals surface area contributed by atoms with Gasteiger partial charge in [-0.2, -0.15) is 0 Å². The lowest BCUT2D eigenvalue weighted by Crippen LogP contribution is -2.31. The molecule has 0 saturated carbocycles. The molecule has 0 aromatic heterocycles. The molecular formula is C6H16Cl2N2. The Morgan fingerprint density at radius 1 is 1.50 bits per heavy atom. The molecule has 0 amide bonds. The normalized spacial score (nSPS) is 23.1. The molecule has 0 aliphatic carbocycles. The zero-order valence-electron chi connectivity index (χ0n) is 6.22. The van der Waals surface area contributed by atoms with Crippen LogP contribution in [0.3, 0.4) is 0 Å². The standard InChI is InChI=1S/C6H14N2.2ClH/c1-7-5-6-3-2-4-8-6;;/h6-8H,2-5H2,1H3;2*1H/t6-;;/m0../s1. The van der Waals surface area contributed by atoms with Crippen LogP contribution >= 0.6 is 24.8 Å². The molecule has 2 nitrogen and oxygen atoms in total. The summed E-state index contributed by atoms with van der Waals surface area (Å²) in [5, 5.41) is 6.54. The quantitative estimate of drug-likeness (QED) is 0.668. The third-order valence-electron chi connectivity index (χ3n) is 1.61. The van der Waals surface area contributed by atoms with E-state index in [4.69, 9.17) is 0 Å². The maximum absolute atomic E-state index is 3.40. The van der Waals surface area contributed by atoms with Crippen molar-refractivity contribution in [1.82, 2.24) is 10.6 Å². The topological polar surface area (TPSA) is 24.1 Å². The van der Waals surface area contributed by atoms with Gasteiger partial charge in [0.05, 0.1) is 0 Å². The Morgan fingerprint density at radius 2 is 2.20 bits per heavy atom. The first kappa shape index (κ1) is 13.1. The van der Waals surface area contributed by atoms with E-state index in [-0.39, 0.29) is 24.8 Å². The molecule has 10 heavy (non-hydrogen) atoms. The third-order valence-corrected chi connectivity index (χ3v) is 1.61. The van der Waals surface area contributed by atoms with Gasteiger partial charge in [-0.1, -0.05) is 0 Å². The number of likely N-dealkylation sites (N-methyl/N-ethyl adjacent to an activating group) is 1. The Morgan fingerprint density at radius 3 is 2.60 bits per heavy atom. The van der Waals surface area contributed by atoms with Crippen molar-refractivity contribution in [3.05, 3.63) is 0 Å². The van der Waals surface area contributed by atoms with Gasteiger partial charge in [0.2, 0.25) is 0 Å². The van der Waals surface area contributed by atoms with Gasteiger partial charge in [0.15, 0.2) is 0 Å². The summed E-state index contributed by atoms with van der Waals surface area (Å²) in [6.07, 6.45) is 2.70. The highest BCUT2D eigenvalue weighted by Gasteiger charge is 2.11. The summed E-state index contributed by atoms with van der Waals surface area (Å²) in [7, 11) is 2.00. The Kier molecular flexibility index (Phi) is 9.97. The fraction of sp³-hybridized carbons (Fsp3) is 1.00. The average Bonchev–Trinajstić information content (AvgIpc) is 2.19. The van der Waals surface area contributed by atoms with Crippen LogP contribution in [0.2, 0.25) is 0 Å². The highest BCUT2D eigenvalue weighted by molar-refractivity contribution is 5.85. The molecule has 1 aliphatic rings. The lowest BCUT2D eigenvalue weighted by Gasteiger charge is -2.06. The number of hydrogen-bond donors (Lipinski definition) is 2. The lowest BCUT2D eigenvalue weighted by molar-refractivity contribution is 0.568. The van der Waals surface area contributed by atoms with Crippen LogP contribution in [0.4, 0.5) is 0 Å². The molecule has 0 spiro atoms. The molecule has 0 bridgehead atoms. The van der Waals surface area contributed by atoms with Crippen molar-refractivity contribution in [2.24, 2.45) is 0 Å². The summed E-state index contributed by atoms with van der Waals surface area (Å²) in [6.45, 7) is 2.34. The van der Waals surface area contributed by atoms with Gasteiger partial charge in [-0.25, -0.2) is 0 Å². The van der Waals surface area contributed by atoms with Gasteiger partial charge in [-0.05, 0) is 26.4 Å². The first-order valence-corrected chi connectivity index (χ1v) is 3.31. The highest BCUT2D eigenvalue weighted by Crippen LogP contribution is 2.02. The molecule has 0 aromatic rings. The average molecular weight is 187 g/mol. The van der Waals surface area contributed by atoms with E-state index in [0.29, 0.717) is 0 Å². The van der Waals surface area contributed by atoms with E-state index in [1.807, 2.05) is 7.05 Å². The molecule has 1 saturated heterocycles. The van der Waals surface area contributed by atoms with E-state index in [2.05, 4.69) is 10.6 Å². The van der Waals surface area contributed by atoms with Gasteiger partial charge in [-0.3, -0.25) is 0 Å². The Labute approximate surface area is 75.0 Å².